The lowest BCUT2D eigenvalue weighted by atomic mass is 9.76. The Morgan fingerprint density at radius 3 is 1.44 bits per heavy atom. The van der Waals surface area contributed by atoms with Crippen molar-refractivity contribution in [3.05, 3.63) is 0 Å². The Bertz CT molecular complexity index is 495. The number of ether oxygens (including phenoxy) is 4. The van der Waals surface area contributed by atoms with Gasteiger partial charge in [-0.15, -0.1) is 0 Å². The van der Waals surface area contributed by atoms with Crippen LogP contribution in [0.15, 0.2) is 0 Å². The third-order valence-electron chi connectivity index (χ3n) is 6.15. The van der Waals surface area contributed by atoms with Gasteiger partial charge in [0.25, 0.3) is 0 Å². The van der Waals surface area contributed by atoms with Crippen LogP contribution in [0.3, 0.4) is 0 Å². The molecule has 206 valence electrons. The molecule has 0 saturated heterocycles. The topological polar surface area (TPSA) is 40.2 Å². The van der Waals surface area contributed by atoms with Crippen LogP contribution in [-0.2, 0) is 18.9 Å². The Kier molecular flexibility index (Phi) is 15.7. The molecule has 0 radical (unpaired) electrons. The van der Waals surface area contributed by atoms with Gasteiger partial charge < -0.3 is 18.9 Å². The minimum absolute atomic E-state index is 0.0412. The molecule has 5 nitrogen and oxygen atoms in total. The largest absolute Gasteiger partial charge is 0.379 e. The van der Waals surface area contributed by atoms with E-state index in [0.717, 1.165) is 45.7 Å². The Morgan fingerprint density at radius 1 is 0.588 bits per heavy atom. The SMILES string of the molecule is CC(C)OCCN(CCOC(C)C)CC(OC(C)(C)CCOC(C)C)C(C)(C)CCC(C)(C)C. The van der Waals surface area contributed by atoms with Crippen LogP contribution in [0.25, 0.3) is 0 Å². The molecule has 1 atom stereocenters. The maximum atomic E-state index is 6.93. The lowest BCUT2D eigenvalue weighted by molar-refractivity contribution is -0.142. The van der Waals surface area contributed by atoms with Crippen LogP contribution in [0.1, 0.15) is 109 Å². The fourth-order valence-corrected chi connectivity index (χ4v) is 3.65. The maximum absolute atomic E-state index is 6.93. The third-order valence-corrected chi connectivity index (χ3v) is 6.15. The Morgan fingerprint density at radius 2 is 1.03 bits per heavy atom. The van der Waals surface area contributed by atoms with Crippen LogP contribution >= 0.6 is 0 Å². The third kappa shape index (κ3) is 18.1. The van der Waals surface area contributed by atoms with Gasteiger partial charge >= 0.3 is 0 Å². The van der Waals surface area contributed by atoms with E-state index >= 15 is 0 Å². The van der Waals surface area contributed by atoms with Gasteiger partial charge in [0.1, 0.15) is 0 Å². The van der Waals surface area contributed by atoms with Crippen LogP contribution < -0.4 is 0 Å². The molecule has 0 aromatic carbocycles. The summed E-state index contributed by atoms with van der Waals surface area (Å²) in [5.74, 6) is 0. The molecule has 0 amide bonds. The average Bonchev–Trinajstić information content (AvgIpc) is 2.64. The highest BCUT2D eigenvalue weighted by molar-refractivity contribution is 4.87. The van der Waals surface area contributed by atoms with Gasteiger partial charge in [-0.3, -0.25) is 4.90 Å². The zero-order valence-electron chi connectivity index (χ0n) is 25.3. The minimum Gasteiger partial charge on any atom is -0.379 e. The van der Waals surface area contributed by atoms with Gasteiger partial charge in [0.15, 0.2) is 0 Å². The molecular weight excluding hydrogens is 426 g/mol. The number of rotatable bonds is 19. The smallest absolute Gasteiger partial charge is 0.0760 e. The molecule has 0 aliphatic heterocycles. The van der Waals surface area contributed by atoms with Crippen LogP contribution in [0.5, 0.6) is 0 Å². The molecule has 0 aliphatic rings. The lowest BCUT2D eigenvalue weighted by Gasteiger charge is -2.43. The summed E-state index contributed by atoms with van der Waals surface area (Å²) < 4.78 is 24.6. The van der Waals surface area contributed by atoms with E-state index in [1.165, 1.54) is 6.42 Å². The molecule has 0 spiro atoms. The molecule has 0 aliphatic carbocycles. The number of hydrogen-bond acceptors (Lipinski definition) is 5. The number of hydrogen-bond donors (Lipinski definition) is 0. The summed E-state index contributed by atoms with van der Waals surface area (Å²) in [6.45, 7) is 33.5. The standard InChI is InChI=1S/C29H61NO4/c1-23(2)31-19-16-29(12,13)34-26(28(10,11)15-14-27(7,8)9)22-30(17-20-32-24(3)4)18-21-33-25(5)6/h23-26H,14-22H2,1-13H3. The van der Waals surface area contributed by atoms with E-state index in [0.29, 0.717) is 12.0 Å². The molecule has 0 bridgehead atoms. The fourth-order valence-electron chi connectivity index (χ4n) is 3.65. The predicted molar refractivity (Wildman–Crippen MR) is 146 cm³/mol. The van der Waals surface area contributed by atoms with E-state index in [1.54, 1.807) is 0 Å². The van der Waals surface area contributed by atoms with Gasteiger partial charge in [0.2, 0.25) is 0 Å². The quantitative estimate of drug-likeness (QED) is 0.197. The second-order valence-electron chi connectivity index (χ2n) is 13.2. The maximum Gasteiger partial charge on any atom is 0.0760 e. The molecule has 5 heteroatoms. The average molecular weight is 488 g/mol. The predicted octanol–water partition coefficient (Wildman–Crippen LogP) is 6.97. The summed E-state index contributed by atoms with van der Waals surface area (Å²) in [5, 5.41) is 0. The zero-order valence-corrected chi connectivity index (χ0v) is 25.3. The van der Waals surface area contributed by atoms with Crippen LogP contribution in [0.4, 0.5) is 0 Å². The molecule has 0 heterocycles. The van der Waals surface area contributed by atoms with E-state index in [-0.39, 0.29) is 35.4 Å². The second kappa shape index (κ2) is 15.8. The molecule has 0 fully saturated rings. The van der Waals surface area contributed by atoms with Crippen LogP contribution in [0, 0.1) is 10.8 Å². The van der Waals surface area contributed by atoms with Gasteiger partial charge in [-0.05, 0) is 85.5 Å². The molecule has 1 unspecified atom stereocenters. The van der Waals surface area contributed by atoms with Gasteiger partial charge in [-0.25, -0.2) is 0 Å². The van der Waals surface area contributed by atoms with E-state index < -0.39 is 0 Å². The number of nitrogens with zero attached hydrogens (tertiary/aromatic N) is 1. The highest BCUT2D eigenvalue weighted by Crippen LogP contribution is 2.37. The Balaban J connectivity index is 5.54. The summed E-state index contributed by atoms with van der Waals surface area (Å²) >= 11 is 0. The van der Waals surface area contributed by atoms with E-state index in [9.17, 15) is 0 Å². The van der Waals surface area contributed by atoms with Crippen molar-refractivity contribution in [1.29, 1.82) is 0 Å². The molecule has 0 aromatic rings. The first-order chi connectivity index (χ1) is 15.4. The van der Waals surface area contributed by atoms with Crippen molar-refractivity contribution in [2.45, 2.75) is 139 Å². The first kappa shape index (κ1) is 33.8. The normalized spacial score (nSPS) is 14.7. The molecule has 34 heavy (non-hydrogen) atoms. The van der Waals surface area contributed by atoms with Crippen molar-refractivity contribution in [2.75, 3.05) is 39.5 Å². The summed E-state index contributed by atoms with van der Waals surface area (Å²) in [5.41, 5.74) is 0.0882. The molecule has 0 saturated carbocycles. The minimum atomic E-state index is -0.257. The first-order valence-corrected chi connectivity index (χ1v) is 13.7. The van der Waals surface area contributed by atoms with Gasteiger partial charge in [0.05, 0.1) is 43.2 Å². The second-order valence-corrected chi connectivity index (χ2v) is 13.2. The van der Waals surface area contributed by atoms with Gasteiger partial charge in [-0.2, -0.15) is 0 Å². The Labute approximate surface area is 213 Å². The van der Waals surface area contributed by atoms with Crippen LogP contribution in [-0.4, -0.2) is 74.4 Å². The van der Waals surface area contributed by atoms with Crippen molar-refractivity contribution in [1.82, 2.24) is 4.90 Å². The van der Waals surface area contributed by atoms with Crippen molar-refractivity contribution in [3.63, 3.8) is 0 Å². The summed E-state index contributed by atoms with van der Waals surface area (Å²) in [6.07, 6.45) is 3.99. The highest BCUT2D eigenvalue weighted by Gasteiger charge is 2.37. The van der Waals surface area contributed by atoms with Crippen LogP contribution in [0.2, 0.25) is 0 Å². The molecular formula is C29H61NO4. The molecule has 0 rings (SSSR count). The fraction of sp³-hybridized carbons (Fsp3) is 1.00. The summed E-state index contributed by atoms with van der Waals surface area (Å²) in [7, 11) is 0. The van der Waals surface area contributed by atoms with Gasteiger partial charge in [-0.1, -0.05) is 34.6 Å². The first-order valence-electron chi connectivity index (χ1n) is 13.7. The van der Waals surface area contributed by atoms with Crippen molar-refractivity contribution < 1.29 is 18.9 Å². The van der Waals surface area contributed by atoms with E-state index in [4.69, 9.17) is 18.9 Å². The van der Waals surface area contributed by atoms with Crippen molar-refractivity contribution in [2.24, 2.45) is 10.8 Å². The highest BCUT2D eigenvalue weighted by atomic mass is 16.5. The monoisotopic (exact) mass is 487 g/mol. The summed E-state index contributed by atoms with van der Waals surface area (Å²) in [4.78, 5) is 2.47. The van der Waals surface area contributed by atoms with Crippen molar-refractivity contribution in [3.8, 4) is 0 Å². The van der Waals surface area contributed by atoms with Crippen molar-refractivity contribution >= 4 is 0 Å². The molecule has 0 aromatic heterocycles. The van der Waals surface area contributed by atoms with E-state index in [2.05, 4.69) is 94.9 Å². The van der Waals surface area contributed by atoms with E-state index in [1.807, 2.05) is 0 Å². The summed E-state index contributed by atoms with van der Waals surface area (Å²) in [6, 6.07) is 0. The van der Waals surface area contributed by atoms with Gasteiger partial charge in [0, 0.05) is 26.2 Å². The molecule has 0 N–H and O–H groups in total. The zero-order chi connectivity index (χ0) is 26.6. The lowest BCUT2D eigenvalue weighted by Crippen LogP contribution is -2.48. The Hall–Kier alpha value is -0.200.